The van der Waals surface area contributed by atoms with E-state index in [1.165, 1.54) is 4.90 Å². The van der Waals surface area contributed by atoms with Gasteiger partial charge in [0.05, 0.1) is 5.92 Å². The number of carboxylic acid groups (broad SMARTS) is 1. The van der Waals surface area contributed by atoms with E-state index < -0.39 is 11.9 Å². The number of rotatable bonds is 4. The Labute approximate surface area is 111 Å². The summed E-state index contributed by atoms with van der Waals surface area (Å²) >= 11 is 0. The highest BCUT2D eigenvalue weighted by molar-refractivity contribution is 5.85. The van der Waals surface area contributed by atoms with E-state index in [0.29, 0.717) is 6.61 Å². The van der Waals surface area contributed by atoms with Gasteiger partial charge in [0, 0.05) is 19.2 Å². The molecule has 1 amide bonds. The van der Waals surface area contributed by atoms with Crippen LogP contribution in [0.4, 0.5) is 0 Å². The number of carboxylic acids is 1. The highest BCUT2D eigenvalue weighted by Gasteiger charge is 2.32. The first-order chi connectivity index (χ1) is 9.00. The predicted octanol–water partition coefficient (Wildman–Crippen LogP) is 1.34. The summed E-state index contributed by atoms with van der Waals surface area (Å²) in [6.07, 6.45) is 0. The van der Waals surface area contributed by atoms with Crippen LogP contribution in [0.3, 0.4) is 0 Å². The van der Waals surface area contributed by atoms with Crippen molar-refractivity contribution in [3.05, 3.63) is 29.8 Å². The Morgan fingerprint density at radius 3 is 2.84 bits per heavy atom. The molecule has 0 saturated carbocycles. The van der Waals surface area contributed by atoms with Gasteiger partial charge in [-0.3, -0.25) is 9.59 Å². The minimum Gasteiger partial charge on any atom is -0.492 e. The third kappa shape index (κ3) is 2.70. The summed E-state index contributed by atoms with van der Waals surface area (Å²) in [4.78, 5) is 24.6. The highest BCUT2D eigenvalue weighted by Crippen LogP contribution is 2.34. The van der Waals surface area contributed by atoms with E-state index in [9.17, 15) is 9.59 Å². The van der Waals surface area contributed by atoms with Crippen LogP contribution >= 0.6 is 0 Å². The van der Waals surface area contributed by atoms with Crippen LogP contribution in [-0.4, -0.2) is 42.1 Å². The molecule has 2 atom stereocenters. The van der Waals surface area contributed by atoms with E-state index in [1.807, 2.05) is 24.3 Å². The number of hydrogen-bond acceptors (Lipinski definition) is 3. The van der Waals surface area contributed by atoms with E-state index in [-0.39, 0.29) is 18.4 Å². The van der Waals surface area contributed by atoms with E-state index in [1.54, 1.807) is 14.0 Å². The molecule has 0 radical (unpaired) electrons. The average Bonchev–Trinajstić information content (AvgIpc) is 2.81. The molecule has 0 aliphatic carbocycles. The number of hydrogen-bond donors (Lipinski definition) is 1. The van der Waals surface area contributed by atoms with E-state index in [2.05, 4.69) is 0 Å². The van der Waals surface area contributed by atoms with Gasteiger partial charge in [-0.05, 0) is 6.07 Å². The first-order valence-electron chi connectivity index (χ1n) is 6.20. The molecule has 19 heavy (non-hydrogen) atoms. The van der Waals surface area contributed by atoms with E-state index in [0.717, 1.165) is 11.3 Å². The van der Waals surface area contributed by atoms with Crippen LogP contribution in [-0.2, 0) is 9.59 Å². The van der Waals surface area contributed by atoms with Crippen LogP contribution in [0, 0.1) is 5.92 Å². The second kappa shape index (κ2) is 5.30. The molecule has 2 rings (SSSR count). The zero-order chi connectivity index (χ0) is 14.0. The molecule has 1 aliphatic heterocycles. The van der Waals surface area contributed by atoms with Gasteiger partial charge < -0.3 is 14.7 Å². The number of fused-ring (bicyclic) bond motifs is 1. The smallest absolute Gasteiger partial charge is 0.308 e. The normalized spacial score (nSPS) is 18.3. The third-order valence-electron chi connectivity index (χ3n) is 3.34. The Balaban J connectivity index is 2.07. The number of para-hydroxylation sites is 1. The predicted molar refractivity (Wildman–Crippen MR) is 69.1 cm³/mol. The van der Waals surface area contributed by atoms with Crippen LogP contribution in [0.25, 0.3) is 0 Å². The number of aliphatic carboxylic acids is 1. The van der Waals surface area contributed by atoms with Gasteiger partial charge in [0.25, 0.3) is 0 Å². The summed E-state index contributed by atoms with van der Waals surface area (Å²) in [5.74, 6) is -1.17. The maximum Gasteiger partial charge on any atom is 0.308 e. The molecular formula is C14H17NO4. The molecule has 0 saturated heterocycles. The van der Waals surface area contributed by atoms with Crippen molar-refractivity contribution in [1.29, 1.82) is 0 Å². The van der Waals surface area contributed by atoms with Gasteiger partial charge in [0.2, 0.25) is 5.91 Å². The summed E-state index contributed by atoms with van der Waals surface area (Å²) in [6.45, 7) is 2.11. The molecule has 1 N–H and O–H groups in total. The minimum atomic E-state index is -0.900. The second-order valence-electron chi connectivity index (χ2n) is 4.86. The maximum absolute atomic E-state index is 12.3. The van der Waals surface area contributed by atoms with Crippen molar-refractivity contribution in [2.75, 3.05) is 20.2 Å². The lowest BCUT2D eigenvalue weighted by atomic mass is 9.99. The summed E-state index contributed by atoms with van der Waals surface area (Å²) in [5.41, 5.74) is 0.877. The van der Waals surface area contributed by atoms with Crippen LogP contribution < -0.4 is 4.74 Å². The van der Waals surface area contributed by atoms with Gasteiger partial charge >= 0.3 is 5.97 Å². The average molecular weight is 263 g/mol. The van der Waals surface area contributed by atoms with Crippen LogP contribution in [0.15, 0.2) is 24.3 Å². The highest BCUT2D eigenvalue weighted by atomic mass is 16.5. The number of ether oxygens (including phenoxy) is 1. The minimum absolute atomic E-state index is 0.0990. The van der Waals surface area contributed by atoms with Gasteiger partial charge in [-0.25, -0.2) is 0 Å². The van der Waals surface area contributed by atoms with Crippen molar-refractivity contribution in [2.45, 2.75) is 12.8 Å². The van der Waals surface area contributed by atoms with Gasteiger partial charge in [-0.2, -0.15) is 0 Å². The number of benzene rings is 1. The van der Waals surface area contributed by atoms with Gasteiger partial charge in [-0.1, -0.05) is 25.1 Å². The second-order valence-corrected chi connectivity index (χ2v) is 4.86. The molecule has 1 aliphatic rings. The largest absolute Gasteiger partial charge is 0.492 e. The summed E-state index contributed by atoms with van der Waals surface area (Å²) in [6, 6.07) is 7.44. The zero-order valence-electron chi connectivity index (χ0n) is 11.0. The number of likely N-dealkylation sites (N-methyl/N-ethyl adjacent to an activating group) is 1. The van der Waals surface area contributed by atoms with E-state index in [4.69, 9.17) is 9.84 Å². The van der Waals surface area contributed by atoms with Crippen LogP contribution in [0.1, 0.15) is 18.4 Å². The summed E-state index contributed by atoms with van der Waals surface area (Å²) in [7, 11) is 1.63. The fourth-order valence-corrected chi connectivity index (χ4v) is 2.21. The SMILES string of the molecule is CC(CN(C)C(=O)C1COc2ccccc21)C(=O)O. The molecule has 0 spiro atoms. The number of amides is 1. The summed E-state index contributed by atoms with van der Waals surface area (Å²) < 4.78 is 5.47. The lowest BCUT2D eigenvalue weighted by Gasteiger charge is -2.22. The van der Waals surface area contributed by atoms with Crippen LogP contribution in [0.2, 0.25) is 0 Å². The fourth-order valence-electron chi connectivity index (χ4n) is 2.21. The number of carbonyl (C=O) groups is 2. The summed E-state index contributed by atoms with van der Waals surface area (Å²) in [5, 5.41) is 8.87. The molecule has 102 valence electrons. The first kappa shape index (κ1) is 13.4. The Kier molecular flexibility index (Phi) is 3.74. The quantitative estimate of drug-likeness (QED) is 0.890. The lowest BCUT2D eigenvalue weighted by molar-refractivity contribution is -0.142. The van der Waals surface area contributed by atoms with Crippen molar-refractivity contribution in [1.82, 2.24) is 4.90 Å². The molecule has 0 aromatic heterocycles. The number of carbonyl (C=O) groups excluding carboxylic acids is 1. The Bertz CT molecular complexity index is 500. The molecule has 1 heterocycles. The Morgan fingerprint density at radius 2 is 2.16 bits per heavy atom. The molecule has 5 nitrogen and oxygen atoms in total. The van der Waals surface area contributed by atoms with Crippen molar-refractivity contribution in [3.63, 3.8) is 0 Å². The third-order valence-corrected chi connectivity index (χ3v) is 3.34. The van der Waals surface area contributed by atoms with Crippen molar-refractivity contribution >= 4 is 11.9 Å². The van der Waals surface area contributed by atoms with Crippen molar-refractivity contribution in [2.24, 2.45) is 5.92 Å². The fraction of sp³-hybridized carbons (Fsp3) is 0.429. The lowest BCUT2D eigenvalue weighted by Crippen LogP contribution is -2.37. The molecule has 5 heteroatoms. The van der Waals surface area contributed by atoms with Crippen LogP contribution in [0.5, 0.6) is 5.75 Å². The monoisotopic (exact) mass is 263 g/mol. The maximum atomic E-state index is 12.3. The Morgan fingerprint density at radius 1 is 1.47 bits per heavy atom. The molecule has 2 unspecified atom stereocenters. The first-order valence-corrected chi connectivity index (χ1v) is 6.20. The molecule has 1 aromatic rings. The number of nitrogens with zero attached hydrogens (tertiary/aromatic N) is 1. The van der Waals surface area contributed by atoms with Gasteiger partial charge in [0.1, 0.15) is 18.3 Å². The van der Waals surface area contributed by atoms with Crippen molar-refractivity contribution in [3.8, 4) is 5.75 Å². The zero-order valence-corrected chi connectivity index (χ0v) is 11.0. The standard InChI is InChI=1S/C14H17NO4/c1-9(14(17)18)7-15(2)13(16)11-8-19-12-6-4-3-5-10(11)12/h3-6,9,11H,7-8H2,1-2H3,(H,17,18). The topological polar surface area (TPSA) is 66.8 Å². The van der Waals surface area contributed by atoms with Gasteiger partial charge in [-0.15, -0.1) is 0 Å². The van der Waals surface area contributed by atoms with E-state index >= 15 is 0 Å². The Hall–Kier alpha value is -2.04. The van der Waals surface area contributed by atoms with Gasteiger partial charge in [0.15, 0.2) is 0 Å². The molecule has 0 fully saturated rings. The van der Waals surface area contributed by atoms with Crippen molar-refractivity contribution < 1.29 is 19.4 Å². The molecular weight excluding hydrogens is 246 g/mol. The molecule has 0 bridgehead atoms. The molecule has 1 aromatic carbocycles.